The van der Waals surface area contributed by atoms with Crippen molar-refractivity contribution in [2.75, 3.05) is 33.7 Å². The maximum atomic E-state index is 12.6. The molecule has 8 atom stereocenters. The Morgan fingerprint density at radius 2 is 1.80 bits per heavy atom. The number of carbonyl (C=O) groups is 1. The maximum Gasteiger partial charge on any atom is 0.220 e. The summed E-state index contributed by atoms with van der Waals surface area (Å²) in [6.07, 6.45) is 19.6. The number of rotatable bonds is 10. The van der Waals surface area contributed by atoms with Gasteiger partial charge in [-0.25, -0.2) is 0 Å². The summed E-state index contributed by atoms with van der Waals surface area (Å²) in [5.41, 5.74) is 1.16. The molecule has 0 spiro atoms. The molecule has 0 aromatic carbocycles. The van der Waals surface area contributed by atoms with E-state index >= 15 is 0 Å². The summed E-state index contributed by atoms with van der Waals surface area (Å²) in [6, 6.07) is 0. The Morgan fingerprint density at radius 1 is 1.03 bits per heavy atom. The quantitative estimate of drug-likeness (QED) is 0.197. The molecule has 200 valence electrons. The van der Waals surface area contributed by atoms with Gasteiger partial charge in [-0.3, -0.25) is 4.79 Å². The van der Waals surface area contributed by atoms with Crippen LogP contribution in [0.4, 0.5) is 0 Å². The summed E-state index contributed by atoms with van der Waals surface area (Å²) in [5, 5.41) is 3.20. The molecular formula is C32H57N2O+. The molecule has 4 fully saturated rings. The Balaban J connectivity index is 1.26. The number of nitrogens with one attached hydrogen (secondary N) is 1. The molecule has 4 rings (SSSR count). The van der Waals surface area contributed by atoms with Crippen LogP contribution < -0.4 is 5.32 Å². The number of hydrogen-bond acceptors (Lipinski definition) is 1. The fourth-order valence-corrected chi connectivity index (χ4v) is 10.1. The number of fused-ring (bicyclic) bond motifs is 5. The standard InChI is InChI=1S/C32H56N2O/c1-7-22-34(5,6)23-10-21-33-30(35)17-12-24(2)27-15-16-28-26-14-13-25-11-8-9-19-31(25,3)29(26)18-20-32(27,28)4/h7,24-29H,1,8-23H2,2-6H3/p+1/t24-,25?,26+,27-,28+,29+,31+,32-/m1/s1. The highest BCUT2D eigenvalue weighted by atomic mass is 16.1. The van der Waals surface area contributed by atoms with Crippen LogP contribution in [0.15, 0.2) is 12.7 Å². The van der Waals surface area contributed by atoms with Crippen molar-refractivity contribution >= 4 is 5.91 Å². The normalized spacial score (nSPS) is 39.7. The van der Waals surface area contributed by atoms with Crippen LogP contribution in [0.5, 0.6) is 0 Å². The average molecular weight is 486 g/mol. The van der Waals surface area contributed by atoms with E-state index in [1.54, 1.807) is 0 Å². The number of likely N-dealkylation sites (N-methyl/N-ethyl adjacent to an activating group) is 1. The van der Waals surface area contributed by atoms with Crippen molar-refractivity contribution in [2.45, 2.75) is 104 Å². The van der Waals surface area contributed by atoms with Gasteiger partial charge in [0.25, 0.3) is 0 Å². The number of hydrogen-bond donors (Lipinski definition) is 1. The summed E-state index contributed by atoms with van der Waals surface area (Å²) >= 11 is 0. The molecule has 4 aliphatic carbocycles. The van der Waals surface area contributed by atoms with Crippen LogP contribution in [0.3, 0.4) is 0 Å². The van der Waals surface area contributed by atoms with Gasteiger partial charge < -0.3 is 9.80 Å². The van der Waals surface area contributed by atoms with Crippen LogP contribution in [-0.2, 0) is 4.79 Å². The number of carbonyl (C=O) groups excluding carboxylic acids is 1. The van der Waals surface area contributed by atoms with Crippen molar-refractivity contribution in [3.8, 4) is 0 Å². The third-order valence-electron chi connectivity index (χ3n) is 12.1. The van der Waals surface area contributed by atoms with E-state index in [2.05, 4.69) is 46.8 Å². The second-order valence-corrected chi connectivity index (χ2v) is 14.5. The van der Waals surface area contributed by atoms with Gasteiger partial charge in [-0.15, -0.1) is 0 Å². The van der Waals surface area contributed by atoms with Gasteiger partial charge in [0.1, 0.15) is 0 Å². The minimum Gasteiger partial charge on any atom is -0.356 e. The summed E-state index contributed by atoms with van der Waals surface area (Å²) < 4.78 is 0.944. The molecule has 1 unspecified atom stereocenters. The Morgan fingerprint density at radius 3 is 2.57 bits per heavy atom. The third kappa shape index (κ3) is 5.55. The SMILES string of the molecule is C=CC[N+](C)(C)CCCNC(=O)CC[C@@H](C)[C@H]1CC[C@H]2[C@@H]3CCC4CCCC[C@]4(C)[C@H]3CC[C@]12C. The predicted molar refractivity (Wildman–Crippen MR) is 148 cm³/mol. The fourth-order valence-electron chi connectivity index (χ4n) is 10.1. The molecule has 0 heterocycles. The molecule has 0 aromatic rings. The first-order valence-electron chi connectivity index (χ1n) is 15.3. The molecule has 35 heavy (non-hydrogen) atoms. The third-order valence-corrected chi connectivity index (χ3v) is 12.1. The molecule has 0 bridgehead atoms. The van der Waals surface area contributed by atoms with Gasteiger partial charge in [0.05, 0.1) is 27.2 Å². The van der Waals surface area contributed by atoms with Crippen molar-refractivity contribution in [3.63, 3.8) is 0 Å². The minimum absolute atomic E-state index is 0.262. The van der Waals surface area contributed by atoms with Gasteiger partial charge in [-0.1, -0.05) is 40.2 Å². The van der Waals surface area contributed by atoms with Crippen molar-refractivity contribution in [3.05, 3.63) is 12.7 Å². The molecule has 3 nitrogen and oxygen atoms in total. The Bertz CT molecular complexity index is 746. The van der Waals surface area contributed by atoms with Crippen LogP contribution in [0.25, 0.3) is 0 Å². The van der Waals surface area contributed by atoms with E-state index in [-0.39, 0.29) is 5.91 Å². The molecular weight excluding hydrogens is 428 g/mol. The van der Waals surface area contributed by atoms with E-state index < -0.39 is 0 Å². The molecule has 0 aromatic heterocycles. The van der Waals surface area contributed by atoms with Crippen LogP contribution >= 0.6 is 0 Å². The van der Waals surface area contributed by atoms with Crippen molar-refractivity contribution in [1.82, 2.24) is 5.32 Å². The minimum atomic E-state index is 0.262. The van der Waals surface area contributed by atoms with Crippen LogP contribution in [0.1, 0.15) is 104 Å². The van der Waals surface area contributed by atoms with E-state index in [1.165, 1.54) is 64.2 Å². The average Bonchev–Trinajstić information content (AvgIpc) is 3.17. The van der Waals surface area contributed by atoms with Gasteiger partial charge in [0.2, 0.25) is 5.91 Å². The van der Waals surface area contributed by atoms with E-state index in [0.717, 1.165) is 66.5 Å². The second-order valence-electron chi connectivity index (χ2n) is 14.5. The van der Waals surface area contributed by atoms with E-state index in [9.17, 15) is 4.79 Å². The van der Waals surface area contributed by atoms with Gasteiger partial charge >= 0.3 is 0 Å². The van der Waals surface area contributed by atoms with E-state index in [1.807, 2.05) is 6.08 Å². The summed E-state index contributed by atoms with van der Waals surface area (Å²) in [7, 11) is 4.46. The topological polar surface area (TPSA) is 29.1 Å². The van der Waals surface area contributed by atoms with Gasteiger partial charge in [0, 0.05) is 19.4 Å². The maximum absolute atomic E-state index is 12.6. The number of quaternary nitrogens is 1. The lowest BCUT2D eigenvalue weighted by Crippen LogP contribution is -2.53. The van der Waals surface area contributed by atoms with Crippen LogP contribution in [0, 0.1) is 46.3 Å². The van der Waals surface area contributed by atoms with Crippen molar-refractivity contribution < 1.29 is 9.28 Å². The monoisotopic (exact) mass is 485 g/mol. The number of nitrogens with zero attached hydrogens (tertiary/aromatic N) is 1. The van der Waals surface area contributed by atoms with Crippen molar-refractivity contribution in [1.29, 1.82) is 0 Å². The van der Waals surface area contributed by atoms with E-state index in [0.29, 0.717) is 23.2 Å². The van der Waals surface area contributed by atoms with Crippen LogP contribution in [0.2, 0.25) is 0 Å². The molecule has 4 saturated carbocycles. The summed E-state index contributed by atoms with van der Waals surface area (Å²) in [6.45, 7) is 14.5. The highest BCUT2D eigenvalue weighted by Crippen LogP contribution is 2.68. The molecule has 0 saturated heterocycles. The number of amides is 1. The molecule has 0 aliphatic heterocycles. The zero-order valence-electron chi connectivity index (χ0n) is 23.9. The summed E-state index contributed by atoms with van der Waals surface area (Å²) in [5.74, 6) is 5.68. The van der Waals surface area contributed by atoms with Gasteiger partial charge in [-0.2, -0.15) is 0 Å². The zero-order chi connectivity index (χ0) is 25.3. The lowest BCUT2D eigenvalue weighted by molar-refractivity contribution is -0.884. The van der Waals surface area contributed by atoms with Gasteiger partial charge in [-0.05, 0) is 110 Å². The van der Waals surface area contributed by atoms with Gasteiger partial charge in [0.15, 0.2) is 0 Å². The highest BCUT2D eigenvalue weighted by Gasteiger charge is 2.60. The first kappa shape index (κ1) is 27.2. The molecule has 4 aliphatic rings. The first-order chi connectivity index (χ1) is 16.6. The van der Waals surface area contributed by atoms with Crippen LogP contribution in [-0.4, -0.2) is 44.1 Å². The Hall–Kier alpha value is -0.830. The lowest BCUT2D eigenvalue weighted by atomic mass is 9.44. The first-order valence-corrected chi connectivity index (χ1v) is 15.3. The summed E-state index contributed by atoms with van der Waals surface area (Å²) in [4.78, 5) is 12.6. The predicted octanol–water partition coefficient (Wildman–Crippen LogP) is 7.22. The molecule has 3 heteroatoms. The zero-order valence-corrected chi connectivity index (χ0v) is 23.9. The molecule has 0 radical (unpaired) electrons. The van der Waals surface area contributed by atoms with Crippen molar-refractivity contribution in [2.24, 2.45) is 46.3 Å². The Labute approximate surface area is 217 Å². The molecule has 1 amide bonds. The molecule has 1 N–H and O–H groups in total. The Kier molecular flexibility index (Phi) is 8.46. The highest BCUT2D eigenvalue weighted by molar-refractivity contribution is 5.75. The second kappa shape index (κ2) is 10.9. The largest absolute Gasteiger partial charge is 0.356 e. The fraction of sp³-hybridized carbons (Fsp3) is 0.906. The smallest absolute Gasteiger partial charge is 0.220 e. The van der Waals surface area contributed by atoms with E-state index in [4.69, 9.17) is 0 Å². The lowest BCUT2D eigenvalue weighted by Gasteiger charge is -2.61.